The Bertz CT molecular complexity index is 481. The highest BCUT2D eigenvalue weighted by Crippen LogP contribution is 2.18. The van der Waals surface area contributed by atoms with E-state index in [9.17, 15) is 9.18 Å². The Balaban J connectivity index is 1.92. The molecule has 1 saturated heterocycles. The number of piperidine rings is 1. The molecule has 5 heteroatoms. The van der Waals surface area contributed by atoms with Crippen molar-refractivity contribution >= 4 is 17.5 Å². The van der Waals surface area contributed by atoms with Crippen molar-refractivity contribution in [2.45, 2.75) is 38.8 Å². The second-order valence-corrected chi connectivity index (χ2v) is 5.51. The molecule has 20 heavy (non-hydrogen) atoms. The molecular weight excluding hydrogens is 279 g/mol. The first-order chi connectivity index (χ1) is 9.61. The number of nitrogens with zero attached hydrogens (tertiary/aromatic N) is 1. The second kappa shape index (κ2) is 7.04. The van der Waals surface area contributed by atoms with Crippen LogP contribution in [0.25, 0.3) is 0 Å². The summed E-state index contributed by atoms with van der Waals surface area (Å²) in [5.41, 5.74) is 0.809. The fourth-order valence-corrected chi connectivity index (χ4v) is 2.83. The SMILES string of the molecule is CCN1CCCC[C@@H]1C(=O)NCc1ccc(F)c(Cl)c1. The lowest BCUT2D eigenvalue weighted by atomic mass is 10.0. The van der Waals surface area contributed by atoms with Gasteiger partial charge in [0.2, 0.25) is 5.91 Å². The average molecular weight is 299 g/mol. The van der Waals surface area contributed by atoms with E-state index < -0.39 is 5.82 Å². The van der Waals surface area contributed by atoms with Gasteiger partial charge in [-0.25, -0.2) is 4.39 Å². The summed E-state index contributed by atoms with van der Waals surface area (Å²) in [5.74, 6) is -0.391. The van der Waals surface area contributed by atoms with Gasteiger partial charge in [-0.05, 0) is 43.6 Å². The van der Waals surface area contributed by atoms with E-state index in [2.05, 4.69) is 17.1 Å². The van der Waals surface area contributed by atoms with E-state index in [4.69, 9.17) is 11.6 Å². The molecule has 2 rings (SSSR count). The van der Waals surface area contributed by atoms with Crippen LogP contribution in [0.2, 0.25) is 5.02 Å². The Hall–Kier alpha value is -1.13. The molecule has 0 aliphatic carbocycles. The Labute approximate surface area is 124 Å². The molecule has 1 aliphatic heterocycles. The third-order valence-corrected chi connectivity index (χ3v) is 4.06. The molecule has 110 valence electrons. The maximum absolute atomic E-state index is 13.1. The van der Waals surface area contributed by atoms with Crippen molar-refractivity contribution in [3.63, 3.8) is 0 Å². The van der Waals surface area contributed by atoms with Gasteiger partial charge in [-0.15, -0.1) is 0 Å². The number of carbonyl (C=O) groups excluding carboxylic acids is 1. The molecule has 1 atom stereocenters. The van der Waals surface area contributed by atoms with E-state index in [-0.39, 0.29) is 17.0 Å². The van der Waals surface area contributed by atoms with Crippen LogP contribution in [-0.4, -0.2) is 29.9 Å². The molecule has 0 radical (unpaired) electrons. The van der Waals surface area contributed by atoms with E-state index in [1.54, 1.807) is 12.1 Å². The molecule has 1 N–H and O–H groups in total. The van der Waals surface area contributed by atoms with Gasteiger partial charge in [-0.1, -0.05) is 31.0 Å². The summed E-state index contributed by atoms with van der Waals surface area (Å²) in [7, 11) is 0. The zero-order valence-electron chi connectivity index (χ0n) is 11.7. The van der Waals surface area contributed by atoms with Gasteiger partial charge in [0.1, 0.15) is 5.82 Å². The van der Waals surface area contributed by atoms with Crippen molar-refractivity contribution in [1.82, 2.24) is 10.2 Å². The number of benzene rings is 1. The van der Waals surface area contributed by atoms with Crippen LogP contribution in [-0.2, 0) is 11.3 Å². The molecule has 0 spiro atoms. The average Bonchev–Trinajstić information content (AvgIpc) is 2.48. The third-order valence-electron chi connectivity index (χ3n) is 3.77. The predicted molar refractivity (Wildman–Crippen MR) is 78.1 cm³/mol. The van der Waals surface area contributed by atoms with Crippen molar-refractivity contribution in [3.05, 3.63) is 34.6 Å². The highest BCUT2D eigenvalue weighted by Gasteiger charge is 2.27. The minimum Gasteiger partial charge on any atom is -0.351 e. The Morgan fingerprint density at radius 2 is 2.30 bits per heavy atom. The molecule has 1 heterocycles. The number of carbonyl (C=O) groups is 1. The van der Waals surface area contributed by atoms with Gasteiger partial charge in [-0.2, -0.15) is 0 Å². The van der Waals surface area contributed by atoms with Gasteiger partial charge in [0.25, 0.3) is 0 Å². The van der Waals surface area contributed by atoms with E-state index in [0.717, 1.165) is 37.9 Å². The summed E-state index contributed by atoms with van der Waals surface area (Å²) in [5, 5.41) is 3.01. The van der Waals surface area contributed by atoms with Crippen LogP contribution in [0.1, 0.15) is 31.7 Å². The van der Waals surface area contributed by atoms with Crippen molar-refractivity contribution in [2.75, 3.05) is 13.1 Å². The summed E-state index contributed by atoms with van der Waals surface area (Å²) in [6.07, 6.45) is 3.16. The molecule has 1 amide bonds. The largest absolute Gasteiger partial charge is 0.351 e. The number of rotatable bonds is 4. The Morgan fingerprint density at radius 1 is 1.50 bits per heavy atom. The van der Waals surface area contributed by atoms with Crippen LogP contribution in [0.4, 0.5) is 4.39 Å². The summed E-state index contributed by atoms with van der Waals surface area (Å²) in [6, 6.07) is 4.47. The predicted octanol–water partition coefficient (Wildman–Crippen LogP) is 2.97. The molecule has 1 aromatic carbocycles. The number of hydrogen-bond acceptors (Lipinski definition) is 2. The maximum atomic E-state index is 13.1. The highest BCUT2D eigenvalue weighted by atomic mass is 35.5. The summed E-state index contributed by atoms with van der Waals surface area (Å²) >= 11 is 5.73. The highest BCUT2D eigenvalue weighted by molar-refractivity contribution is 6.30. The van der Waals surface area contributed by atoms with Gasteiger partial charge in [-0.3, -0.25) is 9.69 Å². The molecule has 0 aromatic heterocycles. The monoisotopic (exact) mass is 298 g/mol. The van der Waals surface area contributed by atoms with Crippen molar-refractivity contribution < 1.29 is 9.18 Å². The lowest BCUT2D eigenvalue weighted by Crippen LogP contribution is -2.49. The maximum Gasteiger partial charge on any atom is 0.237 e. The smallest absolute Gasteiger partial charge is 0.237 e. The minimum absolute atomic E-state index is 0.0373. The molecule has 0 saturated carbocycles. The number of halogens is 2. The van der Waals surface area contributed by atoms with Crippen LogP contribution in [0, 0.1) is 5.82 Å². The van der Waals surface area contributed by atoms with Gasteiger partial charge >= 0.3 is 0 Å². The van der Waals surface area contributed by atoms with Gasteiger partial charge < -0.3 is 5.32 Å². The Kier molecular flexibility index (Phi) is 5.38. The van der Waals surface area contributed by atoms with Crippen LogP contribution in [0.5, 0.6) is 0 Å². The lowest BCUT2D eigenvalue weighted by molar-refractivity contribution is -0.127. The lowest BCUT2D eigenvalue weighted by Gasteiger charge is -2.33. The molecule has 0 unspecified atom stereocenters. The zero-order valence-corrected chi connectivity index (χ0v) is 12.4. The van der Waals surface area contributed by atoms with Gasteiger partial charge in [0, 0.05) is 6.54 Å². The normalized spacial score (nSPS) is 19.9. The summed E-state index contributed by atoms with van der Waals surface area (Å²) in [4.78, 5) is 14.4. The molecule has 0 bridgehead atoms. The zero-order chi connectivity index (χ0) is 14.5. The van der Waals surface area contributed by atoms with Crippen molar-refractivity contribution in [3.8, 4) is 0 Å². The fraction of sp³-hybridized carbons (Fsp3) is 0.533. The van der Waals surface area contributed by atoms with E-state index in [0.29, 0.717) is 6.54 Å². The molecular formula is C15H20ClFN2O. The van der Waals surface area contributed by atoms with Gasteiger partial charge in [0.05, 0.1) is 11.1 Å². The van der Waals surface area contributed by atoms with Crippen LogP contribution >= 0.6 is 11.6 Å². The number of likely N-dealkylation sites (N-methyl/N-ethyl adjacent to an activating group) is 1. The first-order valence-corrected chi connectivity index (χ1v) is 7.45. The summed E-state index contributed by atoms with van der Waals surface area (Å²) < 4.78 is 13.1. The molecule has 3 nitrogen and oxygen atoms in total. The first-order valence-electron chi connectivity index (χ1n) is 7.07. The van der Waals surface area contributed by atoms with Gasteiger partial charge in [0.15, 0.2) is 0 Å². The van der Waals surface area contributed by atoms with E-state index in [1.165, 1.54) is 6.07 Å². The standard InChI is InChI=1S/C15H20ClFN2O/c1-2-19-8-4-3-5-14(19)15(20)18-10-11-6-7-13(17)12(16)9-11/h6-7,9,14H,2-5,8,10H2,1H3,(H,18,20)/t14-/m1/s1. The van der Waals surface area contributed by atoms with E-state index >= 15 is 0 Å². The summed E-state index contributed by atoms with van der Waals surface area (Å²) in [6.45, 7) is 4.33. The number of nitrogens with one attached hydrogen (secondary N) is 1. The second-order valence-electron chi connectivity index (χ2n) is 5.11. The number of amides is 1. The van der Waals surface area contributed by atoms with Crippen LogP contribution < -0.4 is 5.32 Å². The van der Waals surface area contributed by atoms with E-state index in [1.807, 2.05) is 0 Å². The van der Waals surface area contributed by atoms with Crippen LogP contribution in [0.3, 0.4) is 0 Å². The number of likely N-dealkylation sites (tertiary alicyclic amines) is 1. The number of hydrogen-bond donors (Lipinski definition) is 1. The van der Waals surface area contributed by atoms with Crippen LogP contribution in [0.15, 0.2) is 18.2 Å². The van der Waals surface area contributed by atoms with Crippen molar-refractivity contribution in [1.29, 1.82) is 0 Å². The molecule has 1 fully saturated rings. The Morgan fingerprint density at radius 3 is 3.00 bits per heavy atom. The third kappa shape index (κ3) is 3.70. The quantitative estimate of drug-likeness (QED) is 0.927. The first kappa shape index (κ1) is 15.3. The molecule has 1 aliphatic rings. The van der Waals surface area contributed by atoms with Crippen molar-refractivity contribution in [2.24, 2.45) is 0 Å². The molecule has 1 aromatic rings. The minimum atomic E-state index is -0.439. The fourth-order valence-electron chi connectivity index (χ4n) is 2.62. The topological polar surface area (TPSA) is 32.3 Å².